The summed E-state index contributed by atoms with van der Waals surface area (Å²) in [6.45, 7) is 1.99. The summed E-state index contributed by atoms with van der Waals surface area (Å²) in [4.78, 5) is 4.98. The maximum atomic E-state index is 5.78. The Morgan fingerprint density at radius 3 is 2.47 bits per heavy atom. The van der Waals surface area contributed by atoms with E-state index in [2.05, 4.69) is 10.3 Å². The number of nitrogens with zero attached hydrogens (tertiary/aromatic N) is 1. The molecule has 3 N–H and O–H groups in total. The lowest BCUT2D eigenvalue weighted by Gasteiger charge is -2.23. The van der Waals surface area contributed by atoms with E-state index in [4.69, 9.17) is 18.0 Å². The molecule has 0 unspecified atom stereocenters. The Hall–Kier alpha value is -1.16. The van der Waals surface area contributed by atoms with Gasteiger partial charge in [-0.3, -0.25) is 0 Å². The van der Waals surface area contributed by atoms with Crippen LogP contribution in [0.4, 0.5) is 5.82 Å². The van der Waals surface area contributed by atoms with Crippen molar-refractivity contribution in [2.45, 2.75) is 57.9 Å². The molecular formula is C15H23N3S. The Morgan fingerprint density at radius 2 is 1.84 bits per heavy atom. The zero-order valence-corrected chi connectivity index (χ0v) is 12.4. The molecule has 1 aliphatic rings. The van der Waals surface area contributed by atoms with Crippen LogP contribution in [0.5, 0.6) is 0 Å². The number of hydrogen-bond acceptors (Lipinski definition) is 3. The molecule has 0 aromatic carbocycles. The normalized spacial score (nSPS) is 17.5. The molecule has 0 bridgehead atoms. The summed E-state index contributed by atoms with van der Waals surface area (Å²) < 4.78 is 0. The van der Waals surface area contributed by atoms with Gasteiger partial charge in [0.05, 0.1) is 5.56 Å². The molecule has 0 aliphatic heterocycles. The molecule has 0 saturated heterocycles. The average Bonchev–Trinajstić information content (AvgIpc) is 2.32. The van der Waals surface area contributed by atoms with Gasteiger partial charge < -0.3 is 11.1 Å². The van der Waals surface area contributed by atoms with Gasteiger partial charge in [-0.05, 0) is 31.9 Å². The third-order valence-corrected chi connectivity index (χ3v) is 3.97. The Bertz CT molecular complexity index is 437. The van der Waals surface area contributed by atoms with Crippen LogP contribution in [-0.2, 0) is 0 Å². The lowest BCUT2D eigenvalue weighted by atomic mass is 9.96. The number of pyridine rings is 1. The van der Waals surface area contributed by atoms with Crippen molar-refractivity contribution in [1.82, 2.24) is 4.98 Å². The van der Waals surface area contributed by atoms with E-state index in [0.29, 0.717) is 11.0 Å². The highest BCUT2D eigenvalue weighted by atomic mass is 32.1. The van der Waals surface area contributed by atoms with Crippen molar-refractivity contribution in [3.63, 3.8) is 0 Å². The fourth-order valence-corrected chi connectivity index (χ4v) is 2.82. The molecular weight excluding hydrogens is 254 g/mol. The van der Waals surface area contributed by atoms with Crippen molar-refractivity contribution in [3.8, 4) is 0 Å². The van der Waals surface area contributed by atoms with E-state index in [9.17, 15) is 0 Å². The Labute approximate surface area is 121 Å². The topological polar surface area (TPSA) is 50.9 Å². The van der Waals surface area contributed by atoms with Crippen LogP contribution >= 0.6 is 12.2 Å². The first-order chi connectivity index (χ1) is 9.16. The van der Waals surface area contributed by atoms with Crippen LogP contribution in [0.3, 0.4) is 0 Å². The minimum absolute atomic E-state index is 0.417. The molecule has 19 heavy (non-hydrogen) atoms. The van der Waals surface area contributed by atoms with Crippen LogP contribution in [-0.4, -0.2) is 16.0 Å². The molecule has 1 heterocycles. The SMILES string of the molecule is Cc1ccc(C(N)=S)c(NC2CCCCCCC2)n1. The first-order valence-electron chi connectivity index (χ1n) is 7.21. The fourth-order valence-electron chi connectivity index (χ4n) is 2.66. The lowest BCUT2D eigenvalue weighted by molar-refractivity contribution is 0.470. The van der Waals surface area contributed by atoms with E-state index in [0.717, 1.165) is 17.1 Å². The molecule has 4 heteroatoms. The summed E-state index contributed by atoms with van der Waals surface area (Å²) >= 11 is 5.11. The number of nitrogens with one attached hydrogen (secondary N) is 1. The Kier molecular flexibility index (Phi) is 5.14. The fraction of sp³-hybridized carbons (Fsp3) is 0.600. The van der Waals surface area contributed by atoms with Crippen molar-refractivity contribution in [2.24, 2.45) is 5.73 Å². The van der Waals surface area contributed by atoms with Crippen molar-refractivity contribution < 1.29 is 0 Å². The highest BCUT2D eigenvalue weighted by Gasteiger charge is 2.14. The summed E-state index contributed by atoms with van der Waals surface area (Å²) in [6.07, 6.45) is 9.10. The van der Waals surface area contributed by atoms with Gasteiger partial charge in [-0.25, -0.2) is 4.98 Å². The predicted octanol–water partition coefficient (Wildman–Crippen LogP) is 3.55. The first kappa shape index (κ1) is 14.3. The largest absolute Gasteiger partial charge is 0.389 e. The average molecular weight is 277 g/mol. The quantitative estimate of drug-likeness (QED) is 0.830. The third kappa shape index (κ3) is 4.16. The van der Waals surface area contributed by atoms with Crippen LogP contribution < -0.4 is 11.1 Å². The number of nitrogens with two attached hydrogens (primary N) is 1. The number of thiocarbonyl (C=S) groups is 1. The zero-order chi connectivity index (χ0) is 13.7. The van der Waals surface area contributed by atoms with E-state index in [1.807, 2.05) is 19.1 Å². The van der Waals surface area contributed by atoms with E-state index in [-0.39, 0.29) is 0 Å². The molecule has 104 valence electrons. The highest BCUT2D eigenvalue weighted by molar-refractivity contribution is 7.80. The molecule has 1 aromatic heterocycles. The molecule has 1 aliphatic carbocycles. The minimum Gasteiger partial charge on any atom is -0.389 e. The molecule has 0 radical (unpaired) electrons. The van der Waals surface area contributed by atoms with Crippen LogP contribution in [0.15, 0.2) is 12.1 Å². The Morgan fingerprint density at radius 1 is 1.21 bits per heavy atom. The molecule has 2 rings (SSSR count). The second-order valence-electron chi connectivity index (χ2n) is 5.40. The predicted molar refractivity (Wildman–Crippen MR) is 84.6 cm³/mol. The van der Waals surface area contributed by atoms with Crippen LogP contribution in [0, 0.1) is 6.92 Å². The molecule has 1 fully saturated rings. The number of aryl methyl sites for hydroxylation is 1. The van der Waals surface area contributed by atoms with E-state index < -0.39 is 0 Å². The number of hydrogen-bond donors (Lipinski definition) is 2. The molecule has 0 amide bonds. The summed E-state index contributed by atoms with van der Waals surface area (Å²) in [5, 5.41) is 3.56. The van der Waals surface area contributed by atoms with Gasteiger partial charge in [0.15, 0.2) is 0 Å². The maximum absolute atomic E-state index is 5.78. The van der Waals surface area contributed by atoms with Crippen molar-refractivity contribution in [3.05, 3.63) is 23.4 Å². The van der Waals surface area contributed by atoms with Crippen molar-refractivity contribution in [1.29, 1.82) is 0 Å². The van der Waals surface area contributed by atoms with Gasteiger partial charge in [-0.15, -0.1) is 0 Å². The zero-order valence-electron chi connectivity index (χ0n) is 11.6. The van der Waals surface area contributed by atoms with Crippen molar-refractivity contribution in [2.75, 3.05) is 5.32 Å². The number of rotatable bonds is 3. The standard InChI is InChI=1S/C15H23N3S/c1-11-9-10-13(14(16)19)15(17-11)18-12-7-5-3-2-4-6-8-12/h9-10,12H,2-8H2,1H3,(H2,16,19)(H,17,18). The summed E-state index contributed by atoms with van der Waals surface area (Å²) in [6, 6.07) is 4.43. The summed E-state index contributed by atoms with van der Waals surface area (Å²) in [7, 11) is 0. The van der Waals surface area contributed by atoms with Gasteiger partial charge in [-0.1, -0.05) is 44.3 Å². The molecule has 1 aromatic rings. The van der Waals surface area contributed by atoms with Gasteiger partial charge in [0, 0.05) is 11.7 Å². The molecule has 3 nitrogen and oxygen atoms in total. The van der Waals surface area contributed by atoms with Gasteiger partial charge in [0.1, 0.15) is 10.8 Å². The van der Waals surface area contributed by atoms with E-state index in [1.54, 1.807) is 0 Å². The monoisotopic (exact) mass is 277 g/mol. The number of anilines is 1. The molecule has 0 spiro atoms. The van der Waals surface area contributed by atoms with Gasteiger partial charge in [0.25, 0.3) is 0 Å². The van der Waals surface area contributed by atoms with E-state index >= 15 is 0 Å². The lowest BCUT2D eigenvalue weighted by Crippen LogP contribution is -2.24. The first-order valence-corrected chi connectivity index (χ1v) is 7.61. The van der Waals surface area contributed by atoms with Crippen molar-refractivity contribution >= 4 is 23.0 Å². The number of aromatic nitrogens is 1. The summed E-state index contributed by atoms with van der Waals surface area (Å²) in [5.74, 6) is 0.859. The maximum Gasteiger partial charge on any atom is 0.136 e. The van der Waals surface area contributed by atoms with Gasteiger partial charge in [-0.2, -0.15) is 0 Å². The second kappa shape index (κ2) is 6.85. The van der Waals surface area contributed by atoms with Crippen LogP contribution in [0.2, 0.25) is 0 Å². The third-order valence-electron chi connectivity index (χ3n) is 3.75. The second-order valence-corrected chi connectivity index (χ2v) is 5.84. The molecule has 0 atom stereocenters. The summed E-state index contributed by atoms with van der Waals surface area (Å²) in [5.41, 5.74) is 7.63. The van der Waals surface area contributed by atoms with Gasteiger partial charge in [0.2, 0.25) is 0 Å². The highest BCUT2D eigenvalue weighted by Crippen LogP contribution is 2.22. The van der Waals surface area contributed by atoms with Crippen LogP contribution in [0.25, 0.3) is 0 Å². The van der Waals surface area contributed by atoms with Gasteiger partial charge >= 0.3 is 0 Å². The van der Waals surface area contributed by atoms with E-state index in [1.165, 1.54) is 44.9 Å². The molecule has 1 saturated carbocycles. The smallest absolute Gasteiger partial charge is 0.136 e. The van der Waals surface area contributed by atoms with Crippen LogP contribution in [0.1, 0.15) is 56.2 Å². The minimum atomic E-state index is 0.417. The Balaban J connectivity index is 2.11.